The minimum absolute atomic E-state index is 0.189. The summed E-state index contributed by atoms with van der Waals surface area (Å²) in [5, 5.41) is 11.5. The van der Waals surface area contributed by atoms with Crippen LogP contribution in [0.1, 0.15) is 78.1 Å². The van der Waals surface area contributed by atoms with Crippen LogP contribution in [-0.4, -0.2) is 23.7 Å². The fraction of sp³-hybridized carbons (Fsp3) is 0.933. The Kier molecular flexibility index (Phi) is 12.5. The first-order valence-corrected chi connectivity index (χ1v) is 7.57. The van der Waals surface area contributed by atoms with Crippen molar-refractivity contribution >= 4 is 5.91 Å². The second-order valence-corrected chi connectivity index (χ2v) is 5.38. The van der Waals surface area contributed by atoms with Crippen LogP contribution in [-0.2, 0) is 4.79 Å². The number of rotatable bonds is 12. The van der Waals surface area contributed by atoms with E-state index in [0.717, 1.165) is 19.3 Å². The molecule has 0 aromatic carbocycles. The van der Waals surface area contributed by atoms with Gasteiger partial charge in [-0.1, -0.05) is 44.9 Å². The fourth-order valence-electron chi connectivity index (χ4n) is 2.03. The molecule has 0 aromatic rings. The number of amides is 1. The summed E-state index contributed by atoms with van der Waals surface area (Å²) in [5.41, 5.74) is 0. The fourth-order valence-corrected chi connectivity index (χ4v) is 2.03. The van der Waals surface area contributed by atoms with Crippen molar-refractivity contribution in [2.24, 2.45) is 0 Å². The van der Waals surface area contributed by atoms with E-state index >= 15 is 0 Å². The molecule has 0 fully saturated rings. The molecule has 1 amide bonds. The molecular formula is C15H31NO2. The van der Waals surface area contributed by atoms with Gasteiger partial charge in [-0.15, -0.1) is 0 Å². The highest BCUT2D eigenvalue weighted by Gasteiger charge is 2.02. The normalized spacial score (nSPS) is 10.9. The van der Waals surface area contributed by atoms with Gasteiger partial charge in [0.1, 0.15) is 0 Å². The Morgan fingerprint density at radius 3 is 1.78 bits per heavy atom. The predicted molar refractivity (Wildman–Crippen MR) is 76.5 cm³/mol. The Morgan fingerprint density at radius 1 is 0.889 bits per heavy atom. The van der Waals surface area contributed by atoms with Crippen molar-refractivity contribution in [1.82, 2.24) is 5.32 Å². The minimum Gasteiger partial charge on any atom is -0.396 e. The lowest BCUT2D eigenvalue weighted by molar-refractivity contribution is -0.121. The molecule has 0 heterocycles. The molecule has 3 heteroatoms. The Bertz CT molecular complexity index is 193. The van der Waals surface area contributed by atoms with Crippen LogP contribution in [0.15, 0.2) is 0 Å². The zero-order valence-corrected chi connectivity index (χ0v) is 12.2. The SMILES string of the molecule is CC(C)NC(=O)CCCCCCCCCCCO. The van der Waals surface area contributed by atoms with E-state index in [2.05, 4.69) is 5.32 Å². The van der Waals surface area contributed by atoms with E-state index in [0.29, 0.717) is 13.0 Å². The summed E-state index contributed by atoms with van der Waals surface area (Å²) in [6.45, 7) is 4.32. The molecule has 0 bridgehead atoms. The third kappa shape index (κ3) is 13.5. The molecule has 0 aromatic heterocycles. The number of carbonyl (C=O) groups is 1. The van der Waals surface area contributed by atoms with Crippen LogP contribution in [0.25, 0.3) is 0 Å². The van der Waals surface area contributed by atoms with Crippen LogP contribution in [0, 0.1) is 0 Å². The summed E-state index contributed by atoms with van der Waals surface area (Å²) in [7, 11) is 0. The smallest absolute Gasteiger partial charge is 0.220 e. The monoisotopic (exact) mass is 257 g/mol. The van der Waals surface area contributed by atoms with E-state index in [1.54, 1.807) is 0 Å². The highest BCUT2D eigenvalue weighted by atomic mass is 16.2. The Morgan fingerprint density at radius 2 is 1.33 bits per heavy atom. The second-order valence-electron chi connectivity index (χ2n) is 5.38. The predicted octanol–water partition coefficient (Wildman–Crippen LogP) is 3.40. The highest BCUT2D eigenvalue weighted by Crippen LogP contribution is 2.10. The number of nitrogens with one attached hydrogen (secondary N) is 1. The van der Waals surface area contributed by atoms with E-state index in [1.807, 2.05) is 13.8 Å². The first-order valence-electron chi connectivity index (χ1n) is 7.57. The van der Waals surface area contributed by atoms with Crippen LogP contribution in [0.5, 0.6) is 0 Å². The number of aliphatic hydroxyl groups is 1. The standard InChI is InChI=1S/C15H31NO2/c1-14(2)16-15(18)12-10-8-6-4-3-5-7-9-11-13-17/h14,17H,3-13H2,1-2H3,(H,16,18). The zero-order valence-electron chi connectivity index (χ0n) is 12.2. The van der Waals surface area contributed by atoms with Gasteiger partial charge in [-0.25, -0.2) is 0 Å². The minimum atomic E-state index is 0.189. The molecule has 0 rings (SSSR count). The van der Waals surface area contributed by atoms with Crippen molar-refractivity contribution in [2.75, 3.05) is 6.61 Å². The molecule has 0 saturated carbocycles. The lowest BCUT2D eigenvalue weighted by Crippen LogP contribution is -2.29. The molecule has 0 unspecified atom stereocenters. The quantitative estimate of drug-likeness (QED) is 0.526. The molecule has 0 atom stereocenters. The van der Waals surface area contributed by atoms with E-state index in [1.165, 1.54) is 38.5 Å². The maximum absolute atomic E-state index is 11.4. The van der Waals surface area contributed by atoms with Gasteiger partial charge in [-0.05, 0) is 26.7 Å². The third-order valence-electron chi connectivity index (χ3n) is 3.01. The maximum Gasteiger partial charge on any atom is 0.220 e. The average molecular weight is 257 g/mol. The summed E-state index contributed by atoms with van der Waals surface area (Å²) >= 11 is 0. The molecule has 0 radical (unpaired) electrons. The van der Waals surface area contributed by atoms with Crippen molar-refractivity contribution in [3.63, 3.8) is 0 Å². The molecule has 18 heavy (non-hydrogen) atoms. The molecule has 0 aliphatic rings. The van der Waals surface area contributed by atoms with Crippen LogP contribution < -0.4 is 5.32 Å². The van der Waals surface area contributed by atoms with Gasteiger partial charge < -0.3 is 10.4 Å². The molecule has 108 valence electrons. The van der Waals surface area contributed by atoms with E-state index in [4.69, 9.17) is 5.11 Å². The maximum atomic E-state index is 11.4. The van der Waals surface area contributed by atoms with E-state index in [-0.39, 0.29) is 11.9 Å². The summed E-state index contributed by atoms with van der Waals surface area (Å²) in [6, 6.07) is 0.261. The van der Waals surface area contributed by atoms with Crippen LogP contribution >= 0.6 is 0 Å². The van der Waals surface area contributed by atoms with Gasteiger partial charge in [0.15, 0.2) is 0 Å². The number of hydrogen-bond acceptors (Lipinski definition) is 2. The van der Waals surface area contributed by atoms with Gasteiger partial charge in [0.05, 0.1) is 0 Å². The van der Waals surface area contributed by atoms with Crippen molar-refractivity contribution in [3.05, 3.63) is 0 Å². The molecular weight excluding hydrogens is 226 g/mol. The van der Waals surface area contributed by atoms with E-state index in [9.17, 15) is 4.79 Å². The first-order chi connectivity index (χ1) is 8.66. The first kappa shape index (κ1) is 17.4. The van der Waals surface area contributed by atoms with Gasteiger partial charge in [0.2, 0.25) is 5.91 Å². The number of carbonyl (C=O) groups excluding carboxylic acids is 1. The zero-order chi connectivity index (χ0) is 13.6. The molecule has 3 nitrogen and oxygen atoms in total. The molecule has 0 saturated heterocycles. The lowest BCUT2D eigenvalue weighted by Gasteiger charge is -2.07. The number of hydrogen-bond donors (Lipinski definition) is 2. The number of aliphatic hydroxyl groups excluding tert-OH is 1. The topological polar surface area (TPSA) is 49.3 Å². The second kappa shape index (κ2) is 12.9. The van der Waals surface area contributed by atoms with Crippen molar-refractivity contribution in [1.29, 1.82) is 0 Å². The Labute approximate surface area is 112 Å². The largest absolute Gasteiger partial charge is 0.396 e. The van der Waals surface area contributed by atoms with Gasteiger partial charge in [-0.2, -0.15) is 0 Å². The van der Waals surface area contributed by atoms with E-state index < -0.39 is 0 Å². The molecule has 0 aliphatic heterocycles. The van der Waals surface area contributed by atoms with Crippen LogP contribution in [0.2, 0.25) is 0 Å². The third-order valence-corrected chi connectivity index (χ3v) is 3.01. The number of unbranched alkanes of at least 4 members (excludes halogenated alkanes) is 8. The summed E-state index contributed by atoms with van der Waals surface area (Å²) in [4.78, 5) is 11.4. The van der Waals surface area contributed by atoms with Gasteiger partial charge >= 0.3 is 0 Å². The lowest BCUT2D eigenvalue weighted by atomic mass is 10.1. The van der Waals surface area contributed by atoms with Crippen molar-refractivity contribution < 1.29 is 9.90 Å². The molecule has 0 aliphatic carbocycles. The van der Waals surface area contributed by atoms with Gasteiger partial charge in [0.25, 0.3) is 0 Å². The Balaban J connectivity index is 3.09. The van der Waals surface area contributed by atoms with Crippen molar-refractivity contribution in [3.8, 4) is 0 Å². The summed E-state index contributed by atoms with van der Waals surface area (Å²) in [5.74, 6) is 0.189. The van der Waals surface area contributed by atoms with Gasteiger partial charge in [0, 0.05) is 19.1 Å². The molecule has 2 N–H and O–H groups in total. The Hall–Kier alpha value is -0.570. The summed E-state index contributed by atoms with van der Waals surface area (Å²) < 4.78 is 0. The average Bonchev–Trinajstić information content (AvgIpc) is 2.30. The van der Waals surface area contributed by atoms with Crippen LogP contribution in [0.4, 0.5) is 0 Å². The molecule has 0 spiro atoms. The van der Waals surface area contributed by atoms with Crippen LogP contribution in [0.3, 0.4) is 0 Å². The van der Waals surface area contributed by atoms with Gasteiger partial charge in [-0.3, -0.25) is 4.79 Å². The van der Waals surface area contributed by atoms with Crippen molar-refractivity contribution in [2.45, 2.75) is 84.1 Å². The summed E-state index contributed by atoms with van der Waals surface area (Å²) in [6.07, 6.45) is 11.3. The highest BCUT2D eigenvalue weighted by molar-refractivity contribution is 5.76.